The Balaban J connectivity index is 1.50. The van der Waals surface area contributed by atoms with E-state index in [0.717, 1.165) is 71.9 Å². The van der Waals surface area contributed by atoms with Crippen molar-refractivity contribution in [2.45, 2.75) is 0 Å². The maximum atomic E-state index is 5.48. The first-order chi connectivity index (χ1) is 21.9. The molecule has 0 saturated carbocycles. The molecule has 44 heavy (non-hydrogen) atoms. The number of hydrogen-bond donors (Lipinski definition) is 0. The molecule has 0 bridgehead atoms. The summed E-state index contributed by atoms with van der Waals surface area (Å²) in [6.07, 6.45) is 5.48. The number of rotatable bonds is 4. The van der Waals surface area contributed by atoms with Gasteiger partial charge in [0.1, 0.15) is 5.69 Å². The lowest BCUT2D eigenvalue weighted by Gasteiger charge is -2.18. The normalized spacial score (nSPS) is 11.6. The Labute approximate surface area is 252 Å². The highest BCUT2D eigenvalue weighted by atomic mass is 15.2. The molecule has 0 radical (unpaired) electrons. The fourth-order valence-corrected chi connectivity index (χ4v) is 6.45. The van der Waals surface area contributed by atoms with E-state index in [1.807, 2.05) is 36.7 Å². The van der Waals surface area contributed by atoms with Crippen LogP contribution >= 0.6 is 0 Å². The van der Waals surface area contributed by atoms with Gasteiger partial charge in [-0.3, -0.25) is 19.1 Å². The quantitative estimate of drug-likeness (QED) is 0.214. The van der Waals surface area contributed by atoms with Crippen molar-refractivity contribution in [3.8, 4) is 34.3 Å². The van der Waals surface area contributed by atoms with Crippen LogP contribution in [0.5, 0.6) is 0 Å². The predicted molar refractivity (Wildman–Crippen MR) is 177 cm³/mol. The predicted octanol–water partition coefficient (Wildman–Crippen LogP) is 8.79. The summed E-state index contributed by atoms with van der Waals surface area (Å²) in [6, 6.07) is 43.8. The second-order valence-corrected chi connectivity index (χ2v) is 10.8. The molecule has 0 unspecified atom stereocenters. The van der Waals surface area contributed by atoms with Crippen molar-refractivity contribution < 1.29 is 0 Å². The molecular weight excluding hydrogens is 540 g/mol. The third-order valence-electron chi connectivity index (χ3n) is 8.31. The van der Waals surface area contributed by atoms with Gasteiger partial charge in [-0.15, -0.1) is 0 Å². The highest BCUT2D eigenvalue weighted by Crippen LogP contribution is 2.40. The van der Waals surface area contributed by atoms with Crippen molar-refractivity contribution in [3.63, 3.8) is 0 Å². The zero-order chi connectivity index (χ0) is 29.0. The molecule has 5 aromatic heterocycles. The van der Waals surface area contributed by atoms with Crippen molar-refractivity contribution in [2.24, 2.45) is 0 Å². The zero-order valence-corrected chi connectivity index (χ0v) is 23.5. The van der Waals surface area contributed by atoms with Gasteiger partial charge in [-0.05, 0) is 42.5 Å². The maximum absolute atomic E-state index is 5.48. The number of fused-ring (bicyclic) bond motifs is 6. The molecule has 0 spiro atoms. The van der Waals surface area contributed by atoms with Crippen LogP contribution in [0.2, 0.25) is 0 Å². The summed E-state index contributed by atoms with van der Waals surface area (Å²) in [5, 5.41) is 4.63. The molecule has 0 N–H and O–H groups in total. The van der Waals surface area contributed by atoms with Gasteiger partial charge in [0, 0.05) is 45.7 Å². The molecule has 5 heterocycles. The molecule has 6 heteroatoms. The van der Waals surface area contributed by atoms with E-state index >= 15 is 0 Å². The van der Waals surface area contributed by atoms with Crippen LogP contribution in [0.25, 0.3) is 77.9 Å². The van der Waals surface area contributed by atoms with E-state index in [1.54, 1.807) is 6.20 Å². The van der Waals surface area contributed by atoms with E-state index in [0.29, 0.717) is 5.95 Å². The Hall–Kier alpha value is -6.14. The lowest BCUT2D eigenvalue weighted by molar-refractivity contribution is 0.951. The molecule has 0 saturated heterocycles. The lowest BCUT2D eigenvalue weighted by atomic mass is 10.0. The molecule has 9 rings (SSSR count). The summed E-state index contributed by atoms with van der Waals surface area (Å²) < 4.78 is 4.43. The third kappa shape index (κ3) is 3.61. The molecule has 0 aliphatic heterocycles. The number of nitrogens with zero attached hydrogens (tertiary/aromatic N) is 6. The number of hydrogen-bond acceptors (Lipinski definition) is 4. The largest absolute Gasteiger partial charge is 0.293 e. The number of aromatic nitrogens is 6. The van der Waals surface area contributed by atoms with Crippen LogP contribution in [0.15, 0.2) is 146 Å². The lowest BCUT2D eigenvalue weighted by Crippen LogP contribution is -2.10. The molecular formula is C38H24N6. The second kappa shape index (κ2) is 9.71. The highest BCUT2D eigenvalue weighted by molar-refractivity contribution is 6.10. The van der Waals surface area contributed by atoms with Crippen molar-refractivity contribution in [3.05, 3.63) is 146 Å². The van der Waals surface area contributed by atoms with Crippen LogP contribution in [-0.2, 0) is 0 Å². The molecule has 206 valence electrons. The topological polar surface area (TPSA) is 61.4 Å². The maximum Gasteiger partial charge on any atom is 0.237 e. The van der Waals surface area contributed by atoms with Gasteiger partial charge in [0.05, 0.1) is 33.3 Å². The van der Waals surface area contributed by atoms with E-state index in [9.17, 15) is 0 Å². The Morgan fingerprint density at radius 3 is 1.52 bits per heavy atom. The Bertz CT molecular complexity index is 2390. The third-order valence-corrected chi connectivity index (χ3v) is 8.31. The van der Waals surface area contributed by atoms with E-state index < -0.39 is 0 Å². The first kappa shape index (κ1) is 24.5. The van der Waals surface area contributed by atoms with Gasteiger partial charge in [-0.2, -0.15) is 4.98 Å². The van der Waals surface area contributed by atoms with Crippen molar-refractivity contribution >= 4 is 43.6 Å². The van der Waals surface area contributed by atoms with Gasteiger partial charge in [0.25, 0.3) is 0 Å². The van der Waals surface area contributed by atoms with Gasteiger partial charge in [0.2, 0.25) is 5.95 Å². The molecule has 0 aliphatic carbocycles. The van der Waals surface area contributed by atoms with Crippen LogP contribution in [-0.4, -0.2) is 29.1 Å². The summed E-state index contributed by atoms with van der Waals surface area (Å²) in [5.41, 5.74) is 7.51. The zero-order valence-electron chi connectivity index (χ0n) is 23.5. The van der Waals surface area contributed by atoms with Gasteiger partial charge in [-0.1, -0.05) is 84.9 Å². The van der Waals surface area contributed by atoms with Crippen LogP contribution in [0, 0.1) is 0 Å². The molecule has 0 amide bonds. The standard InChI is InChI=1S/C38H24N6/c1-5-18-31-26(13-1)27-14-2-6-19-32(27)43(31)37-35(25-12-11-22-39-24-25)36(30-17-9-10-23-40-30)41-38(42-37)44-33-20-7-3-15-28(33)29-16-4-8-21-34(29)44/h1-24H. The first-order valence-corrected chi connectivity index (χ1v) is 14.6. The first-order valence-electron chi connectivity index (χ1n) is 14.6. The molecule has 6 nitrogen and oxygen atoms in total. The molecule has 0 atom stereocenters. The molecule has 0 fully saturated rings. The number of benzene rings is 4. The average molecular weight is 565 g/mol. The van der Waals surface area contributed by atoms with E-state index in [-0.39, 0.29) is 0 Å². The Morgan fingerprint density at radius 1 is 0.455 bits per heavy atom. The summed E-state index contributed by atoms with van der Waals surface area (Å²) in [6.45, 7) is 0. The molecule has 9 aromatic rings. The summed E-state index contributed by atoms with van der Waals surface area (Å²) >= 11 is 0. The summed E-state index contributed by atoms with van der Waals surface area (Å²) in [4.78, 5) is 20.1. The van der Waals surface area contributed by atoms with E-state index in [1.165, 1.54) is 0 Å². The number of pyridine rings is 2. The minimum absolute atomic E-state index is 0.576. The minimum atomic E-state index is 0.576. The van der Waals surface area contributed by atoms with E-state index in [4.69, 9.17) is 15.0 Å². The molecule has 4 aromatic carbocycles. The van der Waals surface area contributed by atoms with Crippen LogP contribution < -0.4 is 0 Å². The number of para-hydroxylation sites is 4. The van der Waals surface area contributed by atoms with Crippen molar-refractivity contribution in [1.82, 2.24) is 29.1 Å². The smallest absolute Gasteiger partial charge is 0.237 e. The highest BCUT2D eigenvalue weighted by Gasteiger charge is 2.25. The molecule has 0 aliphatic rings. The van der Waals surface area contributed by atoms with Gasteiger partial charge in [-0.25, -0.2) is 4.98 Å². The van der Waals surface area contributed by atoms with Crippen molar-refractivity contribution in [2.75, 3.05) is 0 Å². The Morgan fingerprint density at radius 2 is 1.00 bits per heavy atom. The Kier molecular flexibility index (Phi) is 5.40. The fourth-order valence-electron chi connectivity index (χ4n) is 6.45. The van der Waals surface area contributed by atoms with Gasteiger partial charge < -0.3 is 0 Å². The second-order valence-electron chi connectivity index (χ2n) is 10.8. The SMILES string of the molecule is c1ccc(-c2nc(-n3c4ccccc4c4ccccc43)nc(-n3c4ccccc4c4ccccc43)c2-c2cccnc2)nc1. The minimum Gasteiger partial charge on any atom is -0.293 e. The summed E-state index contributed by atoms with van der Waals surface area (Å²) in [7, 11) is 0. The van der Waals surface area contributed by atoms with Gasteiger partial charge in [0.15, 0.2) is 5.82 Å². The van der Waals surface area contributed by atoms with Crippen LogP contribution in [0.3, 0.4) is 0 Å². The summed E-state index contributed by atoms with van der Waals surface area (Å²) in [5.74, 6) is 1.34. The van der Waals surface area contributed by atoms with Crippen LogP contribution in [0.1, 0.15) is 0 Å². The monoisotopic (exact) mass is 564 g/mol. The van der Waals surface area contributed by atoms with Gasteiger partial charge >= 0.3 is 0 Å². The van der Waals surface area contributed by atoms with Crippen LogP contribution in [0.4, 0.5) is 0 Å². The van der Waals surface area contributed by atoms with E-state index in [2.05, 4.69) is 117 Å². The average Bonchev–Trinajstić information content (AvgIpc) is 3.62. The fraction of sp³-hybridized carbons (Fsp3) is 0. The van der Waals surface area contributed by atoms with Crippen molar-refractivity contribution in [1.29, 1.82) is 0 Å².